The lowest BCUT2D eigenvalue weighted by Gasteiger charge is -2.44. The van der Waals surface area contributed by atoms with Gasteiger partial charge in [0.05, 0.1) is 11.4 Å². The smallest absolute Gasteiger partial charge is 0.257 e. The molecular weight excluding hydrogens is 743 g/mol. The van der Waals surface area contributed by atoms with Crippen molar-refractivity contribution in [1.82, 2.24) is 0 Å². The van der Waals surface area contributed by atoms with Gasteiger partial charge in [-0.25, -0.2) is 0 Å². The average molecular weight is 801 g/mol. The first-order valence-corrected chi connectivity index (χ1v) is 22.0. The Morgan fingerprint density at radius 3 is 1.62 bits per heavy atom. The number of hydrogen-bond acceptors (Lipinski definition) is 4. The maximum absolute atomic E-state index is 7.22. The van der Waals surface area contributed by atoms with Crippen LogP contribution in [0.1, 0.15) is 101 Å². The summed E-state index contributed by atoms with van der Waals surface area (Å²) >= 11 is 0. The van der Waals surface area contributed by atoms with Crippen molar-refractivity contribution in [3.8, 4) is 11.3 Å². The van der Waals surface area contributed by atoms with Crippen LogP contribution in [0.2, 0.25) is 0 Å². The normalized spacial score (nSPS) is 13.9. The van der Waals surface area contributed by atoms with Gasteiger partial charge >= 0.3 is 0 Å². The number of aryl methyl sites for hydroxylation is 4. The highest BCUT2D eigenvalue weighted by Gasteiger charge is 2.47. The van der Waals surface area contributed by atoms with E-state index in [1.807, 2.05) is 6.07 Å². The van der Waals surface area contributed by atoms with Gasteiger partial charge in [-0.15, -0.1) is 0 Å². The molecule has 0 amide bonds. The summed E-state index contributed by atoms with van der Waals surface area (Å²) in [4.78, 5) is 5.01. The average Bonchev–Trinajstić information content (AvgIpc) is 3.79. The van der Waals surface area contributed by atoms with Crippen molar-refractivity contribution in [2.45, 2.75) is 106 Å². The van der Waals surface area contributed by atoms with E-state index < -0.39 is 0 Å². The van der Waals surface area contributed by atoms with Crippen LogP contribution in [-0.2, 0) is 16.2 Å². The summed E-state index contributed by atoms with van der Waals surface area (Å²) in [6, 6.07) is 40.8. The van der Waals surface area contributed by atoms with E-state index >= 15 is 0 Å². The molecule has 5 heteroatoms. The number of benzene rings is 6. The van der Waals surface area contributed by atoms with E-state index in [1.54, 1.807) is 0 Å². The summed E-state index contributed by atoms with van der Waals surface area (Å²) in [5.74, 6) is 1.76. The zero-order valence-electron chi connectivity index (χ0n) is 38.2. The van der Waals surface area contributed by atoms with Gasteiger partial charge in [0, 0.05) is 38.9 Å². The SMILES string of the molecule is Cc1cc(C(C)(C)C)cc(C)c1N1c2cc(-c3cc4ccccc4o3)ccc2B2c3c1cccc3N(c1c(C)cc(C(C)(C)C)cc1C)c1oc3ccc(C(C)(C)C)cc3c12. The molecule has 306 valence electrons. The first kappa shape index (κ1) is 39.2. The Hall–Kier alpha value is -5.94. The van der Waals surface area contributed by atoms with E-state index in [1.165, 1.54) is 77.8 Å². The molecule has 2 aliphatic heterocycles. The molecule has 0 atom stereocenters. The first-order chi connectivity index (χ1) is 28.8. The largest absolute Gasteiger partial charge is 0.456 e. The molecule has 0 spiro atoms. The molecule has 0 saturated heterocycles. The standard InChI is InChI=1S/C56H57BN2O2/c1-32-25-39(55(8,9)10)26-33(2)51(32)58-43-18-16-19-44-50(43)57(42-23-21-37(29-45(42)58)48-30-36-17-14-15-20-46(36)60-48)49-41-31-38(54(5,6)7)22-24-47(41)61-53(49)59(44)52-34(3)27-40(28-35(52)4)56(11,12)13/h14-31H,1-13H3. The molecule has 6 aromatic carbocycles. The van der Waals surface area contributed by atoms with E-state index in [-0.39, 0.29) is 23.0 Å². The molecule has 0 fully saturated rings. The van der Waals surface area contributed by atoms with Crippen LogP contribution in [-0.4, -0.2) is 6.71 Å². The molecule has 0 aliphatic carbocycles. The van der Waals surface area contributed by atoms with Crippen molar-refractivity contribution in [3.05, 3.63) is 148 Å². The fraction of sp³-hybridized carbons (Fsp3) is 0.286. The van der Waals surface area contributed by atoms with Gasteiger partial charge in [0.1, 0.15) is 16.9 Å². The predicted molar refractivity (Wildman–Crippen MR) is 260 cm³/mol. The highest BCUT2D eigenvalue weighted by molar-refractivity contribution is 7.01. The second kappa shape index (κ2) is 13.3. The van der Waals surface area contributed by atoms with E-state index in [0.717, 1.165) is 45.1 Å². The Balaban J connectivity index is 1.32. The molecule has 0 bridgehead atoms. The third kappa shape index (κ3) is 6.10. The van der Waals surface area contributed by atoms with Crippen LogP contribution in [0, 0.1) is 27.7 Å². The predicted octanol–water partition coefficient (Wildman–Crippen LogP) is 14.1. The van der Waals surface area contributed by atoms with Crippen LogP contribution in [0.4, 0.5) is 34.3 Å². The van der Waals surface area contributed by atoms with Crippen molar-refractivity contribution < 1.29 is 8.83 Å². The second-order valence-electron chi connectivity index (χ2n) is 20.9. The van der Waals surface area contributed by atoms with Gasteiger partial charge in [-0.3, -0.25) is 4.90 Å². The number of hydrogen-bond donors (Lipinski definition) is 0. The maximum atomic E-state index is 7.22. The van der Waals surface area contributed by atoms with Gasteiger partial charge in [-0.05, 0) is 136 Å². The minimum atomic E-state index is -0.0891. The second-order valence-corrected chi connectivity index (χ2v) is 20.9. The molecule has 4 nitrogen and oxygen atoms in total. The lowest BCUT2D eigenvalue weighted by molar-refractivity contribution is 0.588. The Morgan fingerprint density at radius 2 is 1.03 bits per heavy atom. The van der Waals surface area contributed by atoms with Crippen LogP contribution in [0.3, 0.4) is 0 Å². The van der Waals surface area contributed by atoms with Crippen molar-refractivity contribution in [2.24, 2.45) is 0 Å². The molecule has 4 heterocycles. The summed E-state index contributed by atoms with van der Waals surface area (Å²) in [6.07, 6.45) is 0. The molecule has 0 unspecified atom stereocenters. The monoisotopic (exact) mass is 800 g/mol. The van der Waals surface area contributed by atoms with Crippen molar-refractivity contribution in [2.75, 3.05) is 9.80 Å². The van der Waals surface area contributed by atoms with Gasteiger partial charge in [0.2, 0.25) is 5.88 Å². The van der Waals surface area contributed by atoms with Gasteiger partial charge in [0.15, 0.2) is 0 Å². The van der Waals surface area contributed by atoms with Gasteiger partial charge in [-0.1, -0.05) is 129 Å². The number of para-hydroxylation sites is 1. The zero-order valence-corrected chi connectivity index (χ0v) is 38.2. The summed E-state index contributed by atoms with van der Waals surface area (Å²) < 4.78 is 13.8. The zero-order chi connectivity index (χ0) is 43.1. The topological polar surface area (TPSA) is 32.8 Å². The molecular formula is C56H57BN2O2. The fourth-order valence-corrected chi connectivity index (χ4v) is 10.1. The molecule has 2 aromatic heterocycles. The molecule has 10 rings (SSSR count). The minimum absolute atomic E-state index is 0.0166. The van der Waals surface area contributed by atoms with Crippen LogP contribution < -0.4 is 26.2 Å². The lowest BCUT2D eigenvalue weighted by Crippen LogP contribution is -2.61. The molecule has 61 heavy (non-hydrogen) atoms. The number of fused-ring (bicyclic) bond motifs is 7. The van der Waals surface area contributed by atoms with Crippen LogP contribution in [0.15, 0.2) is 118 Å². The van der Waals surface area contributed by atoms with Gasteiger partial charge in [0.25, 0.3) is 6.71 Å². The molecule has 2 aliphatic rings. The van der Waals surface area contributed by atoms with Crippen molar-refractivity contribution >= 4 is 79.4 Å². The molecule has 8 aromatic rings. The third-order valence-corrected chi connectivity index (χ3v) is 13.3. The van der Waals surface area contributed by atoms with Gasteiger partial charge < -0.3 is 13.7 Å². The maximum Gasteiger partial charge on any atom is 0.257 e. The number of furan rings is 2. The molecule has 0 radical (unpaired) electrons. The van der Waals surface area contributed by atoms with Crippen LogP contribution in [0.25, 0.3) is 33.3 Å². The Kier molecular flexibility index (Phi) is 8.54. The molecule has 0 saturated carbocycles. The lowest BCUT2D eigenvalue weighted by atomic mass is 9.33. The summed E-state index contributed by atoms with van der Waals surface area (Å²) in [5.41, 5.74) is 21.4. The van der Waals surface area contributed by atoms with E-state index in [4.69, 9.17) is 8.83 Å². The molecule has 0 N–H and O–H groups in total. The van der Waals surface area contributed by atoms with Crippen molar-refractivity contribution in [3.63, 3.8) is 0 Å². The van der Waals surface area contributed by atoms with E-state index in [0.29, 0.717) is 0 Å². The quantitative estimate of drug-likeness (QED) is 0.167. The van der Waals surface area contributed by atoms with E-state index in [2.05, 4.69) is 203 Å². The summed E-state index contributed by atoms with van der Waals surface area (Å²) in [5, 5.41) is 2.27. The first-order valence-electron chi connectivity index (χ1n) is 22.0. The van der Waals surface area contributed by atoms with E-state index in [9.17, 15) is 0 Å². The number of rotatable bonds is 3. The van der Waals surface area contributed by atoms with Crippen molar-refractivity contribution in [1.29, 1.82) is 0 Å². The highest BCUT2D eigenvalue weighted by atomic mass is 16.4. The Bertz CT molecular complexity index is 3020. The Labute approximate surface area is 362 Å². The van der Waals surface area contributed by atoms with Crippen LogP contribution in [0.5, 0.6) is 0 Å². The minimum Gasteiger partial charge on any atom is -0.456 e. The highest BCUT2D eigenvalue weighted by Crippen LogP contribution is 2.50. The fourth-order valence-electron chi connectivity index (χ4n) is 10.1. The Morgan fingerprint density at radius 1 is 0.459 bits per heavy atom. The summed E-state index contributed by atoms with van der Waals surface area (Å²) in [7, 11) is 0. The van der Waals surface area contributed by atoms with Crippen LogP contribution >= 0.6 is 0 Å². The third-order valence-electron chi connectivity index (χ3n) is 13.3. The number of nitrogens with zero attached hydrogens (tertiary/aromatic N) is 2. The summed E-state index contributed by atoms with van der Waals surface area (Å²) in [6.45, 7) is 29.7. The number of anilines is 6. The van der Waals surface area contributed by atoms with Gasteiger partial charge in [-0.2, -0.15) is 0 Å².